The zero-order valence-electron chi connectivity index (χ0n) is 16.8. The third kappa shape index (κ3) is 3.50. The molecule has 1 fully saturated rings. The van der Waals surface area contributed by atoms with Crippen LogP contribution >= 0.6 is 11.3 Å². The van der Waals surface area contributed by atoms with E-state index in [1.165, 1.54) is 18.3 Å². The molecule has 3 atom stereocenters. The van der Waals surface area contributed by atoms with Crippen molar-refractivity contribution in [2.75, 3.05) is 11.4 Å². The average Bonchev–Trinajstić information content (AvgIpc) is 3.23. The minimum atomic E-state index is -0.0400. The number of para-hydroxylation sites is 1. The monoisotopic (exact) mass is 410 g/mol. The van der Waals surface area contributed by atoms with E-state index in [-0.39, 0.29) is 48.4 Å². The summed E-state index contributed by atoms with van der Waals surface area (Å²) in [6.45, 7) is 4.11. The molecule has 2 heterocycles. The zero-order valence-corrected chi connectivity index (χ0v) is 17.7. The van der Waals surface area contributed by atoms with E-state index < -0.39 is 0 Å². The number of fused-ring (bicyclic) bond motifs is 2. The van der Waals surface area contributed by atoms with Gasteiger partial charge < -0.3 is 14.6 Å². The van der Waals surface area contributed by atoms with Crippen LogP contribution in [-0.2, 0) is 9.59 Å². The summed E-state index contributed by atoms with van der Waals surface area (Å²) >= 11 is 1.46. The van der Waals surface area contributed by atoms with E-state index >= 15 is 0 Å². The number of rotatable bonds is 6. The molecular weight excluding hydrogens is 384 g/mol. The molecule has 0 saturated heterocycles. The SMILES string of the molecule is CCN(C(=O)CCC(C)=O)C1c2ccccc2N(C(=O)c2cccs2)C2CCC12. The Bertz CT molecular complexity index is 924. The summed E-state index contributed by atoms with van der Waals surface area (Å²) < 4.78 is 0. The van der Waals surface area contributed by atoms with E-state index in [9.17, 15) is 14.4 Å². The zero-order chi connectivity index (χ0) is 20.5. The first-order valence-electron chi connectivity index (χ1n) is 10.3. The minimum Gasteiger partial charge on any atom is -0.335 e. The summed E-state index contributed by atoms with van der Waals surface area (Å²) in [6, 6.07) is 11.8. The molecule has 152 valence electrons. The van der Waals surface area contributed by atoms with Crippen molar-refractivity contribution in [1.82, 2.24) is 4.90 Å². The average molecular weight is 411 g/mol. The maximum atomic E-state index is 13.3. The Hall–Kier alpha value is -2.47. The van der Waals surface area contributed by atoms with Crippen LogP contribution in [0, 0.1) is 5.92 Å². The van der Waals surface area contributed by atoms with Crippen LogP contribution in [-0.4, -0.2) is 35.1 Å². The fourth-order valence-corrected chi connectivity index (χ4v) is 5.36. The van der Waals surface area contributed by atoms with Crippen molar-refractivity contribution in [3.63, 3.8) is 0 Å². The Labute approximate surface area is 175 Å². The van der Waals surface area contributed by atoms with Crippen molar-refractivity contribution >= 4 is 34.6 Å². The second-order valence-corrected chi connectivity index (χ2v) is 8.79. The van der Waals surface area contributed by atoms with Gasteiger partial charge in [-0.25, -0.2) is 0 Å². The first-order chi connectivity index (χ1) is 14.0. The molecule has 1 aliphatic carbocycles. The number of carbonyl (C=O) groups is 3. The van der Waals surface area contributed by atoms with Crippen molar-refractivity contribution in [1.29, 1.82) is 0 Å². The van der Waals surface area contributed by atoms with Crippen molar-refractivity contribution in [3.05, 3.63) is 52.2 Å². The second-order valence-electron chi connectivity index (χ2n) is 7.85. The van der Waals surface area contributed by atoms with Gasteiger partial charge in [0.2, 0.25) is 5.91 Å². The van der Waals surface area contributed by atoms with Gasteiger partial charge in [-0.2, -0.15) is 0 Å². The Morgan fingerprint density at radius 2 is 1.90 bits per heavy atom. The van der Waals surface area contributed by atoms with Gasteiger partial charge in [-0.3, -0.25) is 9.59 Å². The van der Waals surface area contributed by atoms with Gasteiger partial charge in [-0.05, 0) is 49.8 Å². The number of nitrogens with zero attached hydrogens (tertiary/aromatic N) is 2. The molecule has 0 bridgehead atoms. The van der Waals surface area contributed by atoms with Crippen LogP contribution in [0.25, 0.3) is 0 Å². The molecule has 0 spiro atoms. The van der Waals surface area contributed by atoms with Gasteiger partial charge in [0.15, 0.2) is 0 Å². The molecule has 0 radical (unpaired) electrons. The molecule has 2 aromatic rings. The molecule has 2 aliphatic rings. The number of carbonyl (C=O) groups excluding carboxylic acids is 3. The van der Waals surface area contributed by atoms with Crippen molar-refractivity contribution in [2.24, 2.45) is 5.92 Å². The van der Waals surface area contributed by atoms with Gasteiger partial charge in [0.05, 0.1) is 10.9 Å². The first-order valence-corrected chi connectivity index (χ1v) is 11.2. The van der Waals surface area contributed by atoms with E-state index in [2.05, 4.69) is 0 Å². The number of ketones is 1. The highest BCUT2D eigenvalue weighted by Gasteiger charge is 2.50. The fourth-order valence-electron chi connectivity index (χ4n) is 4.70. The van der Waals surface area contributed by atoms with Crippen LogP contribution in [0.15, 0.2) is 41.8 Å². The summed E-state index contributed by atoms with van der Waals surface area (Å²) in [6.07, 6.45) is 2.47. The van der Waals surface area contributed by atoms with Gasteiger partial charge in [-0.15, -0.1) is 11.3 Å². The molecule has 3 unspecified atom stereocenters. The van der Waals surface area contributed by atoms with Crippen molar-refractivity contribution < 1.29 is 14.4 Å². The van der Waals surface area contributed by atoms with Gasteiger partial charge in [-0.1, -0.05) is 24.3 Å². The Morgan fingerprint density at radius 3 is 2.52 bits per heavy atom. The molecule has 0 N–H and O–H groups in total. The van der Waals surface area contributed by atoms with E-state index in [0.29, 0.717) is 6.54 Å². The van der Waals surface area contributed by atoms with E-state index in [0.717, 1.165) is 29.0 Å². The van der Waals surface area contributed by atoms with Gasteiger partial charge in [0, 0.05) is 37.0 Å². The standard InChI is InChI=1S/C23H26N2O3S/c1-3-24(21(27)13-10-15(2)26)22-16-7-4-5-8-18(16)25(19-12-11-17(19)22)23(28)20-9-6-14-29-20/h4-9,14,17,19,22H,3,10-13H2,1-2H3. The molecular formula is C23H26N2O3S. The second kappa shape index (κ2) is 8.11. The molecule has 2 amide bonds. The maximum absolute atomic E-state index is 13.3. The third-order valence-electron chi connectivity index (χ3n) is 6.18. The minimum absolute atomic E-state index is 0.0196. The summed E-state index contributed by atoms with van der Waals surface area (Å²) in [5.41, 5.74) is 1.95. The number of hydrogen-bond acceptors (Lipinski definition) is 4. The predicted octanol–water partition coefficient (Wildman–Crippen LogP) is 4.45. The Kier molecular flexibility index (Phi) is 5.54. The molecule has 1 aromatic heterocycles. The van der Waals surface area contributed by atoms with Crippen LogP contribution in [0.1, 0.15) is 60.8 Å². The number of Topliss-reactive ketones (excluding diaryl/α,β-unsaturated/α-hetero) is 1. The molecule has 6 heteroatoms. The lowest BCUT2D eigenvalue weighted by atomic mass is 9.68. The molecule has 1 aromatic carbocycles. The number of hydrogen-bond donors (Lipinski definition) is 0. The van der Waals surface area contributed by atoms with Crippen LogP contribution < -0.4 is 4.90 Å². The smallest absolute Gasteiger partial charge is 0.268 e. The molecule has 5 nitrogen and oxygen atoms in total. The van der Waals surface area contributed by atoms with E-state index in [4.69, 9.17) is 0 Å². The fraction of sp³-hybridized carbons (Fsp3) is 0.435. The Morgan fingerprint density at radius 1 is 1.10 bits per heavy atom. The highest BCUT2D eigenvalue weighted by molar-refractivity contribution is 7.12. The summed E-state index contributed by atoms with van der Waals surface area (Å²) in [4.78, 5) is 42.3. The van der Waals surface area contributed by atoms with Crippen molar-refractivity contribution in [3.8, 4) is 0 Å². The third-order valence-corrected chi connectivity index (χ3v) is 7.04. The van der Waals surface area contributed by atoms with Gasteiger partial charge in [0.1, 0.15) is 5.78 Å². The maximum Gasteiger partial charge on any atom is 0.268 e. The van der Waals surface area contributed by atoms with E-state index in [1.807, 2.05) is 58.5 Å². The van der Waals surface area contributed by atoms with Crippen LogP contribution in [0.4, 0.5) is 5.69 Å². The summed E-state index contributed by atoms with van der Waals surface area (Å²) in [5.74, 6) is 0.334. The van der Waals surface area contributed by atoms with Crippen LogP contribution in [0.5, 0.6) is 0 Å². The van der Waals surface area contributed by atoms with Crippen LogP contribution in [0.2, 0.25) is 0 Å². The number of anilines is 1. The largest absolute Gasteiger partial charge is 0.335 e. The predicted molar refractivity (Wildman–Crippen MR) is 114 cm³/mol. The van der Waals surface area contributed by atoms with Crippen LogP contribution in [0.3, 0.4) is 0 Å². The molecule has 1 aliphatic heterocycles. The lowest BCUT2D eigenvalue weighted by Gasteiger charge is -2.55. The first kappa shape index (κ1) is 19.8. The molecule has 29 heavy (non-hydrogen) atoms. The van der Waals surface area contributed by atoms with Gasteiger partial charge >= 0.3 is 0 Å². The molecule has 1 saturated carbocycles. The number of benzene rings is 1. The molecule has 4 rings (SSSR count). The quantitative estimate of drug-likeness (QED) is 0.707. The van der Waals surface area contributed by atoms with Crippen molar-refractivity contribution in [2.45, 2.75) is 51.6 Å². The number of thiophene rings is 1. The highest BCUT2D eigenvalue weighted by Crippen LogP contribution is 2.52. The van der Waals surface area contributed by atoms with Gasteiger partial charge in [0.25, 0.3) is 5.91 Å². The lowest BCUT2D eigenvalue weighted by Crippen LogP contribution is -2.58. The number of amides is 2. The Balaban J connectivity index is 1.71. The highest BCUT2D eigenvalue weighted by atomic mass is 32.1. The lowest BCUT2D eigenvalue weighted by molar-refractivity contribution is -0.137. The summed E-state index contributed by atoms with van der Waals surface area (Å²) in [5, 5.41) is 1.93. The topological polar surface area (TPSA) is 57.7 Å². The summed E-state index contributed by atoms with van der Waals surface area (Å²) in [7, 11) is 0. The van der Waals surface area contributed by atoms with E-state index in [1.54, 1.807) is 0 Å². The normalized spacial score (nSPS) is 22.3.